The Hall–Kier alpha value is -3.66. The fourth-order valence-corrected chi connectivity index (χ4v) is 2.85. The molecule has 3 aromatic rings. The van der Waals surface area contributed by atoms with Gasteiger partial charge in [0, 0.05) is 16.6 Å². The van der Waals surface area contributed by atoms with Crippen LogP contribution in [0.1, 0.15) is 12.5 Å². The van der Waals surface area contributed by atoms with Crippen molar-refractivity contribution in [2.75, 3.05) is 17.2 Å². The first-order chi connectivity index (χ1) is 14.6. The topological polar surface area (TPSA) is 101 Å². The maximum absolute atomic E-state index is 13.5. The molecule has 2 aromatic carbocycles. The number of carbonyl (C=O) groups excluding carboxylic acids is 2. The maximum atomic E-state index is 13.5. The average molecular weight is 433 g/mol. The van der Waals surface area contributed by atoms with Gasteiger partial charge in [0.05, 0.1) is 12.1 Å². The number of hydrogen-bond donors (Lipinski definition) is 3. The molecule has 0 spiro atoms. The van der Waals surface area contributed by atoms with Crippen LogP contribution < -0.4 is 10.6 Å². The quantitative estimate of drug-likeness (QED) is 0.524. The van der Waals surface area contributed by atoms with E-state index in [2.05, 4.69) is 20.4 Å². The van der Waals surface area contributed by atoms with Crippen LogP contribution in [0.3, 0.4) is 0 Å². The molecule has 3 N–H and O–H groups in total. The Kier molecular flexibility index (Phi) is 6.11. The Morgan fingerprint density at radius 1 is 1.03 bits per heavy atom. The van der Waals surface area contributed by atoms with Gasteiger partial charge in [0.15, 0.2) is 0 Å². The van der Waals surface area contributed by atoms with Crippen molar-refractivity contribution in [3.05, 3.63) is 66.2 Å². The van der Waals surface area contributed by atoms with E-state index in [1.807, 2.05) is 0 Å². The number of fused-ring (bicyclic) bond motifs is 1. The summed E-state index contributed by atoms with van der Waals surface area (Å²) in [6, 6.07) is 14.1. The molecule has 0 aliphatic carbocycles. The number of anilines is 2. The molecule has 2 amide bonds. The van der Waals surface area contributed by atoms with Crippen molar-refractivity contribution < 1.29 is 32.6 Å². The lowest BCUT2D eigenvalue weighted by molar-refractivity contribution is -0.267. The van der Waals surface area contributed by atoms with Gasteiger partial charge >= 0.3 is 18.2 Å². The third-order valence-corrected chi connectivity index (χ3v) is 4.36. The molecule has 1 heterocycles. The first-order valence-electron chi connectivity index (χ1n) is 9.16. The van der Waals surface area contributed by atoms with E-state index in [1.54, 1.807) is 30.3 Å². The number of esters is 1. The Labute approximate surface area is 174 Å². The monoisotopic (exact) mass is 433 g/mol. The van der Waals surface area contributed by atoms with Gasteiger partial charge in [0.2, 0.25) is 0 Å². The standard InChI is InChI=1S/C21H18F3N3O4/c1-2-31-18(28)20(30,21(22,23)24)14-9-10-16-13(12-14)8-11-17(26-16)27-19(29)25-15-6-4-3-5-7-15/h3-12,30H,2H2,1H3,(H2,25,26,27,29). The molecule has 7 nitrogen and oxygen atoms in total. The highest BCUT2D eigenvalue weighted by Crippen LogP contribution is 2.41. The highest BCUT2D eigenvalue weighted by molar-refractivity contribution is 5.99. The number of alkyl halides is 3. The van der Waals surface area contributed by atoms with E-state index in [1.165, 1.54) is 25.1 Å². The lowest BCUT2D eigenvalue weighted by Gasteiger charge is -2.28. The molecule has 1 unspecified atom stereocenters. The zero-order valence-electron chi connectivity index (χ0n) is 16.2. The molecule has 0 saturated heterocycles. The molecule has 0 radical (unpaired) electrons. The minimum Gasteiger partial charge on any atom is -0.463 e. The number of carbonyl (C=O) groups is 2. The van der Waals surface area contributed by atoms with Gasteiger partial charge in [-0.3, -0.25) is 5.32 Å². The van der Waals surface area contributed by atoms with Crippen molar-refractivity contribution in [3.8, 4) is 0 Å². The second kappa shape index (κ2) is 8.60. The van der Waals surface area contributed by atoms with Gasteiger partial charge in [0.1, 0.15) is 5.82 Å². The molecule has 31 heavy (non-hydrogen) atoms. The molecule has 0 bridgehead atoms. The Balaban J connectivity index is 1.87. The van der Waals surface area contributed by atoms with E-state index in [0.29, 0.717) is 5.69 Å². The number of amides is 2. The van der Waals surface area contributed by atoms with Crippen LogP contribution in [-0.2, 0) is 15.1 Å². The number of halogens is 3. The highest BCUT2D eigenvalue weighted by Gasteiger charge is 2.62. The molecule has 1 atom stereocenters. The summed E-state index contributed by atoms with van der Waals surface area (Å²) in [5.41, 5.74) is -3.70. The van der Waals surface area contributed by atoms with Crippen LogP contribution in [0, 0.1) is 0 Å². The predicted molar refractivity (Wildman–Crippen MR) is 107 cm³/mol. The highest BCUT2D eigenvalue weighted by atomic mass is 19.4. The molecule has 10 heteroatoms. The summed E-state index contributed by atoms with van der Waals surface area (Å²) in [6.07, 6.45) is -5.29. The Bertz CT molecular complexity index is 1110. The van der Waals surface area contributed by atoms with Gasteiger partial charge < -0.3 is 15.2 Å². The summed E-state index contributed by atoms with van der Waals surface area (Å²) in [5.74, 6) is -1.66. The third-order valence-electron chi connectivity index (χ3n) is 4.36. The van der Waals surface area contributed by atoms with E-state index in [0.717, 1.165) is 12.1 Å². The average Bonchev–Trinajstić information content (AvgIpc) is 2.72. The number of urea groups is 1. The predicted octanol–water partition coefficient (Wildman–Crippen LogP) is 4.19. The third kappa shape index (κ3) is 4.58. The number of rotatable bonds is 5. The van der Waals surface area contributed by atoms with Crippen molar-refractivity contribution in [2.24, 2.45) is 0 Å². The SMILES string of the molecule is CCOC(=O)C(O)(c1ccc2nc(NC(=O)Nc3ccccc3)ccc2c1)C(F)(F)F. The number of nitrogens with one attached hydrogen (secondary N) is 2. The van der Waals surface area contributed by atoms with Crippen LogP contribution in [0.15, 0.2) is 60.7 Å². The number of nitrogens with zero attached hydrogens (tertiary/aromatic N) is 1. The fourth-order valence-electron chi connectivity index (χ4n) is 2.85. The number of hydrogen-bond acceptors (Lipinski definition) is 5. The molecule has 162 valence electrons. The van der Waals surface area contributed by atoms with Crippen LogP contribution in [-0.4, -0.2) is 34.9 Å². The summed E-state index contributed by atoms with van der Waals surface area (Å²) in [4.78, 5) is 28.2. The van der Waals surface area contributed by atoms with Gasteiger partial charge in [0.25, 0.3) is 5.60 Å². The lowest BCUT2D eigenvalue weighted by atomic mass is 9.92. The largest absolute Gasteiger partial charge is 0.463 e. The van der Waals surface area contributed by atoms with E-state index < -0.39 is 29.3 Å². The van der Waals surface area contributed by atoms with Crippen LogP contribution in [0.4, 0.5) is 29.5 Å². The Morgan fingerprint density at radius 2 is 1.74 bits per heavy atom. The number of ether oxygens (including phenoxy) is 1. The second-order valence-electron chi connectivity index (χ2n) is 6.48. The zero-order valence-corrected chi connectivity index (χ0v) is 16.2. The molecule has 0 fully saturated rings. The van der Waals surface area contributed by atoms with Crippen LogP contribution in [0.5, 0.6) is 0 Å². The van der Waals surface area contributed by atoms with Crippen LogP contribution >= 0.6 is 0 Å². The van der Waals surface area contributed by atoms with E-state index in [9.17, 15) is 27.9 Å². The van der Waals surface area contributed by atoms with Gasteiger partial charge in [-0.25, -0.2) is 14.6 Å². The van der Waals surface area contributed by atoms with Crippen molar-refractivity contribution in [1.29, 1.82) is 0 Å². The maximum Gasteiger partial charge on any atom is 0.432 e. The van der Waals surface area contributed by atoms with Crippen molar-refractivity contribution in [1.82, 2.24) is 4.98 Å². The van der Waals surface area contributed by atoms with Gasteiger partial charge in [-0.1, -0.05) is 24.3 Å². The summed E-state index contributed by atoms with van der Waals surface area (Å²) < 4.78 is 45.0. The van der Waals surface area contributed by atoms with Crippen LogP contribution in [0.2, 0.25) is 0 Å². The van der Waals surface area contributed by atoms with E-state index in [-0.39, 0.29) is 23.3 Å². The fraction of sp³-hybridized carbons (Fsp3) is 0.190. The van der Waals surface area contributed by atoms with E-state index in [4.69, 9.17) is 0 Å². The summed E-state index contributed by atoms with van der Waals surface area (Å²) in [7, 11) is 0. The molecular formula is C21H18F3N3O4. The first kappa shape index (κ1) is 22.0. The van der Waals surface area contributed by atoms with Gasteiger partial charge in [-0.15, -0.1) is 0 Å². The van der Waals surface area contributed by atoms with Crippen LogP contribution in [0.25, 0.3) is 10.9 Å². The number of aromatic nitrogens is 1. The summed E-state index contributed by atoms with van der Waals surface area (Å²) in [6.45, 7) is 1.01. The van der Waals surface area contributed by atoms with E-state index >= 15 is 0 Å². The minimum absolute atomic E-state index is 0.158. The second-order valence-corrected chi connectivity index (χ2v) is 6.48. The smallest absolute Gasteiger partial charge is 0.432 e. The van der Waals surface area contributed by atoms with Crippen molar-refractivity contribution in [2.45, 2.75) is 18.7 Å². The van der Waals surface area contributed by atoms with Gasteiger partial charge in [-0.2, -0.15) is 13.2 Å². The van der Waals surface area contributed by atoms with Crippen molar-refractivity contribution in [3.63, 3.8) is 0 Å². The summed E-state index contributed by atoms with van der Waals surface area (Å²) >= 11 is 0. The minimum atomic E-state index is -5.29. The van der Waals surface area contributed by atoms with Gasteiger partial charge in [-0.05, 0) is 43.3 Å². The normalized spacial score (nSPS) is 13.3. The number of pyridine rings is 1. The molecule has 0 aliphatic heterocycles. The number of benzene rings is 2. The first-order valence-corrected chi connectivity index (χ1v) is 9.16. The molecular weight excluding hydrogens is 415 g/mol. The molecule has 1 aromatic heterocycles. The molecule has 0 saturated carbocycles. The lowest BCUT2D eigenvalue weighted by Crippen LogP contribution is -2.50. The number of aliphatic hydroxyl groups is 1. The molecule has 0 aliphatic rings. The Morgan fingerprint density at radius 3 is 2.39 bits per heavy atom. The van der Waals surface area contributed by atoms with Crippen molar-refractivity contribution >= 4 is 34.4 Å². The summed E-state index contributed by atoms with van der Waals surface area (Å²) in [5, 5.41) is 15.6. The zero-order chi connectivity index (χ0) is 22.6. The molecule has 3 rings (SSSR count). The number of para-hydroxylation sites is 1.